The number of esters is 1. The van der Waals surface area contributed by atoms with Gasteiger partial charge in [0.05, 0.1) is 19.3 Å². The maximum absolute atomic E-state index is 11.6. The highest BCUT2D eigenvalue weighted by molar-refractivity contribution is 5.97. The van der Waals surface area contributed by atoms with Gasteiger partial charge in [0.15, 0.2) is 0 Å². The quantitative estimate of drug-likeness (QED) is 0.641. The number of nitrogens with two attached hydrogens (primary N) is 1. The van der Waals surface area contributed by atoms with Crippen molar-refractivity contribution in [2.24, 2.45) is 5.92 Å². The zero-order chi connectivity index (χ0) is 13.8. The molecule has 0 spiro atoms. The van der Waals surface area contributed by atoms with Crippen molar-refractivity contribution in [1.82, 2.24) is 0 Å². The summed E-state index contributed by atoms with van der Waals surface area (Å²) in [6.07, 6.45) is 1.07. The van der Waals surface area contributed by atoms with Crippen LogP contribution in [0.3, 0.4) is 0 Å². The van der Waals surface area contributed by atoms with Gasteiger partial charge < -0.3 is 20.5 Å². The molecule has 1 saturated heterocycles. The van der Waals surface area contributed by atoms with E-state index in [0.29, 0.717) is 17.2 Å². The van der Waals surface area contributed by atoms with Gasteiger partial charge in [0.1, 0.15) is 0 Å². The predicted octanol–water partition coefficient (Wildman–Crippen LogP) is 1.81. The Balaban J connectivity index is 2.11. The number of carbonyl (C=O) groups is 1. The molecule has 1 atom stereocenters. The van der Waals surface area contributed by atoms with Gasteiger partial charge in [-0.15, -0.1) is 0 Å². The zero-order valence-electron chi connectivity index (χ0n) is 11.4. The lowest BCUT2D eigenvalue weighted by atomic mass is 10.1. The van der Waals surface area contributed by atoms with Crippen LogP contribution in [0.25, 0.3) is 0 Å². The summed E-state index contributed by atoms with van der Waals surface area (Å²) in [5.41, 5.74) is 8.54. The number of hydrogen-bond acceptors (Lipinski definition) is 5. The summed E-state index contributed by atoms with van der Waals surface area (Å²) < 4.78 is 10.1. The Kier molecular flexibility index (Phi) is 4.27. The summed E-state index contributed by atoms with van der Waals surface area (Å²) in [4.78, 5) is 11.6. The lowest BCUT2D eigenvalue weighted by Crippen LogP contribution is -2.15. The maximum Gasteiger partial charge on any atom is 0.340 e. The molecule has 0 aromatic heterocycles. The predicted molar refractivity (Wildman–Crippen MR) is 74.3 cm³/mol. The first-order chi connectivity index (χ1) is 9.11. The average Bonchev–Trinajstić information content (AvgIpc) is 2.92. The summed E-state index contributed by atoms with van der Waals surface area (Å²) in [7, 11) is 1.35. The van der Waals surface area contributed by atoms with Crippen LogP contribution in [-0.4, -0.2) is 32.8 Å². The van der Waals surface area contributed by atoms with Crippen LogP contribution in [0.1, 0.15) is 22.3 Å². The van der Waals surface area contributed by atoms with Gasteiger partial charge in [0, 0.05) is 30.4 Å². The fourth-order valence-corrected chi connectivity index (χ4v) is 2.19. The number of methoxy groups -OCH3 is 1. The average molecular weight is 264 g/mol. The van der Waals surface area contributed by atoms with E-state index in [4.69, 9.17) is 15.2 Å². The van der Waals surface area contributed by atoms with Gasteiger partial charge in [0.25, 0.3) is 0 Å². The van der Waals surface area contributed by atoms with Crippen LogP contribution >= 0.6 is 0 Å². The number of rotatable bonds is 4. The second-order valence-corrected chi connectivity index (χ2v) is 4.86. The second-order valence-electron chi connectivity index (χ2n) is 4.86. The first-order valence-electron chi connectivity index (χ1n) is 6.42. The van der Waals surface area contributed by atoms with Gasteiger partial charge in [-0.2, -0.15) is 0 Å². The standard InChI is InChI=1S/C14H20N2O3/c1-9-5-11(16-7-10-3-4-19-8-10)6-12(13(9)15)14(17)18-2/h5-6,10,16H,3-4,7-8,15H2,1-2H3. The second kappa shape index (κ2) is 5.93. The van der Waals surface area contributed by atoms with E-state index >= 15 is 0 Å². The number of anilines is 2. The highest BCUT2D eigenvalue weighted by Gasteiger charge is 2.17. The van der Waals surface area contributed by atoms with Crippen LogP contribution < -0.4 is 11.1 Å². The van der Waals surface area contributed by atoms with Crippen LogP contribution in [0.15, 0.2) is 12.1 Å². The Labute approximate surface area is 113 Å². The minimum Gasteiger partial charge on any atom is -0.465 e. The third-order valence-electron chi connectivity index (χ3n) is 3.41. The number of aryl methyl sites for hydroxylation is 1. The van der Waals surface area contributed by atoms with E-state index in [1.54, 1.807) is 6.07 Å². The molecule has 3 N–H and O–H groups in total. The number of nitrogen functional groups attached to an aromatic ring is 1. The molecule has 2 rings (SSSR count). The molecule has 1 aromatic carbocycles. The van der Waals surface area contributed by atoms with E-state index in [0.717, 1.165) is 37.4 Å². The van der Waals surface area contributed by atoms with E-state index < -0.39 is 5.97 Å². The number of carbonyl (C=O) groups excluding carboxylic acids is 1. The van der Waals surface area contributed by atoms with E-state index in [1.807, 2.05) is 13.0 Å². The monoisotopic (exact) mass is 264 g/mol. The molecule has 1 fully saturated rings. The highest BCUT2D eigenvalue weighted by Crippen LogP contribution is 2.24. The fraction of sp³-hybridized carbons (Fsp3) is 0.500. The Hall–Kier alpha value is -1.75. The Morgan fingerprint density at radius 2 is 2.37 bits per heavy atom. The molecule has 104 valence electrons. The van der Waals surface area contributed by atoms with Gasteiger partial charge in [-0.3, -0.25) is 0 Å². The molecule has 1 aliphatic heterocycles. The van der Waals surface area contributed by atoms with Crippen LogP contribution in [0.5, 0.6) is 0 Å². The lowest BCUT2D eigenvalue weighted by molar-refractivity contribution is 0.0602. The Morgan fingerprint density at radius 3 is 3.00 bits per heavy atom. The van der Waals surface area contributed by atoms with Gasteiger partial charge >= 0.3 is 5.97 Å². The number of nitrogens with one attached hydrogen (secondary N) is 1. The zero-order valence-corrected chi connectivity index (χ0v) is 11.4. The first kappa shape index (κ1) is 13.7. The molecule has 1 unspecified atom stereocenters. The number of hydrogen-bond donors (Lipinski definition) is 2. The molecule has 1 aromatic rings. The highest BCUT2D eigenvalue weighted by atomic mass is 16.5. The maximum atomic E-state index is 11.6. The molecule has 0 amide bonds. The topological polar surface area (TPSA) is 73.6 Å². The van der Waals surface area contributed by atoms with Crippen molar-refractivity contribution in [2.45, 2.75) is 13.3 Å². The Bertz CT molecular complexity index is 468. The van der Waals surface area contributed by atoms with E-state index in [1.165, 1.54) is 7.11 Å². The fourth-order valence-electron chi connectivity index (χ4n) is 2.19. The molecule has 1 aliphatic rings. The minimum atomic E-state index is -0.409. The van der Waals surface area contributed by atoms with Gasteiger partial charge in [-0.1, -0.05) is 0 Å². The third kappa shape index (κ3) is 3.17. The lowest BCUT2D eigenvalue weighted by Gasteiger charge is -2.14. The summed E-state index contributed by atoms with van der Waals surface area (Å²) >= 11 is 0. The van der Waals surface area contributed by atoms with Gasteiger partial charge in [-0.05, 0) is 31.0 Å². The normalized spacial score (nSPS) is 18.3. The molecule has 0 aliphatic carbocycles. The molecule has 19 heavy (non-hydrogen) atoms. The molecule has 5 heteroatoms. The molecule has 1 heterocycles. The molecule has 0 saturated carbocycles. The van der Waals surface area contributed by atoms with Crippen LogP contribution in [0.4, 0.5) is 11.4 Å². The Morgan fingerprint density at radius 1 is 1.58 bits per heavy atom. The molecular formula is C14H20N2O3. The minimum absolute atomic E-state index is 0.409. The summed E-state index contributed by atoms with van der Waals surface area (Å²) in [6, 6.07) is 3.68. The van der Waals surface area contributed by atoms with Crippen LogP contribution in [0.2, 0.25) is 0 Å². The van der Waals surface area contributed by atoms with Gasteiger partial charge in [0.2, 0.25) is 0 Å². The number of ether oxygens (including phenoxy) is 2. The molecule has 0 bridgehead atoms. The third-order valence-corrected chi connectivity index (χ3v) is 3.41. The van der Waals surface area contributed by atoms with Crippen LogP contribution in [0, 0.1) is 12.8 Å². The first-order valence-corrected chi connectivity index (χ1v) is 6.42. The van der Waals surface area contributed by atoms with E-state index in [-0.39, 0.29) is 0 Å². The smallest absolute Gasteiger partial charge is 0.340 e. The molecular weight excluding hydrogens is 244 g/mol. The van der Waals surface area contributed by atoms with Crippen molar-refractivity contribution < 1.29 is 14.3 Å². The summed E-state index contributed by atoms with van der Waals surface area (Å²) in [5, 5.41) is 3.33. The van der Waals surface area contributed by atoms with Crippen LogP contribution in [-0.2, 0) is 9.47 Å². The molecule has 5 nitrogen and oxygen atoms in total. The van der Waals surface area contributed by atoms with E-state index in [2.05, 4.69) is 5.32 Å². The largest absolute Gasteiger partial charge is 0.465 e. The van der Waals surface area contributed by atoms with Crippen molar-refractivity contribution >= 4 is 17.3 Å². The molecule has 0 radical (unpaired) electrons. The van der Waals surface area contributed by atoms with Crippen molar-refractivity contribution in [2.75, 3.05) is 37.9 Å². The van der Waals surface area contributed by atoms with Crippen molar-refractivity contribution in [1.29, 1.82) is 0 Å². The van der Waals surface area contributed by atoms with Crippen molar-refractivity contribution in [3.05, 3.63) is 23.3 Å². The van der Waals surface area contributed by atoms with Crippen molar-refractivity contribution in [3.8, 4) is 0 Å². The summed E-state index contributed by atoms with van der Waals surface area (Å²) in [5.74, 6) is 0.118. The van der Waals surface area contributed by atoms with Gasteiger partial charge in [-0.25, -0.2) is 4.79 Å². The summed E-state index contributed by atoms with van der Waals surface area (Å²) in [6.45, 7) is 4.35. The number of benzene rings is 1. The SMILES string of the molecule is COC(=O)c1cc(NCC2CCOC2)cc(C)c1N. The van der Waals surface area contributed by atoms with E-state index in [9.17, 15) is 4.79 Å². The van der Waals surface area contributed by atoms with Crippen molar-refractivity contribution in [3.63, 3.8) is 0 Å².